The molecule has 0 aliphatic carbocycles. The van der Waals surface area contributed by atoms with Crippen molar-refractivity contribution in [2.75, 3.05) is 12.9 Å². The summed E-state index contributed by atoms with van der Waals surface area (Å²) in [5.74, 6) is -0.232. The first-order valence-corrected chi connectivity index (χ1v) is 6.70. The molecule has 0 saturated heterocycles. The van der Waals surface area contributed by atoms with Crippen molar-refractivity contribution in [2.45, 2.75) is 12.8 Å². The highest BCUT2D eigenvalue weighted by molar-refractivity contribution is 7.85. The second-order valence-corrected chi connectivity index (χ2v) is 5.39. The fourth-order valence-electron chi connectivity index (χ4n) is 1.27. The molecule has 0 spiro atoms. The van der Waals surface area contributed by atoms with Crippen molar-refractivity contribution < 1.29 is 17.5 Å². The first-order chi connectivity index (χ1) is 7.79. The Labute approximate surface area is 99.5 Å². The predicted molar refractivity (Wildman–Crippen MR) is 62.3 cm³/mol. The molecule has 1 atom stereocenters. The summed E-state index contributed by atoms with van der Waals surface area (Å²) < 4.78 is 26.3. The molecule has 1 aromatic carbocycles. The lowest BCUT2D eigenvalue weighted by Gasteiger charge is -2.10. The van der Waals surface area contributed by atoms with E-state index in [9.17, 15) is 18.5 Å². The number of nitrogens with zero attached hydrogens (tertiary/aromatic N) is 1. The zero-order valence-corrected chi connectivity index (χ0v) is 10.3. The molecule has 1 rings (SSSR count). The highest BCUT2D eigenvalue weighted by atomic mass is 32.2. The molecular formula is C10H13NO5S. The largest absolute Gasteiger partial charge is 0.270 e. The maximum Gasteiger partial charge on any atom is 0.269 e. The summed E-state index contributed by atoms with van der Waals surface area (Å²) >= 11 is 0. The number of benzene rings is 1. The lowest BCUT2D eigenvalue weighted by molar-refractivity contribution is -0.384. The summed E-state index contributed by atoms with van der Waals surface area (Å²) in [7, 11) is -3.49. The summed E-state index contributed by atoms with van der Waals surface area (Å²) in [4.78, 5) is 10.1. The number of non-ortho nitro benzene ring substituents is 1. The van der Waals surface area contributed by atoms with E-state index in [4.69, 9.17) is 0 Å². The molecule has 0 amide bonds. The lowest BCUT2D eigenvalue weighted by Crippen LogP contribution is -2.10. The van der Waals surface area contributed by atoms with E-state index in [-0.39, 0.29) is 18.2 Å². The van der Waals surface area contributed by atoms with Gasteiger partial charge in [-0.15, -0.1) is 0 Å². The second-order valence-electron chi connectivity index (χ2n) is 3.74. The van der Waals surface area contributed by atoms with Gasteiger partial charge in [0.15, 0.2) is 0 Å². The Morgan fingerprint density at radius 2 is 2.12 bits per heavy atom. The Morgan fingerprint density at radius 3 is 2.65 bits per heavy atom. The van der Waals surface area contributed by atoms with Crippen LogP contribution in [0, 0.1) is 10.1 Å². The molecule has 6 nitrogen and oxygen atoms in total. The van der Waals surface area contributed by atoms with E-state index in [0.717, 1.165) is 6.26 Å². The maximum atomic E-state index is 10.8. The van der Waals surface area contributed by atoms with Crippen LogP contribution in [0.4, 0.5) is 5.69 Å². The third-order valence-electron chi connectivity index (χ3n) is 2.18. The van der Waals surface area contributed by atoms with Gasteiger partial charge in [0.05, 0.1) is 17.8 Å². The third kappa shape index (κ3) is 4.49. The fourth-order valence-corrected chi connectivity index (χ4v) is 1.72. The van der Waals surface area contributed by atoms with Crippen molar-refractivity contribution in [3.05, 3.63) is 39.9 Å². The minimum atomic E-state index is -3.49. The topological polar surface area (TPSA) is 86.5 Å². The summed E-state index contributed by atoms with van der Waals surface area (Å²) in [6.45, 7) is 1.71. The average Bonchev–Trinajstić information content (AvgIpc) is 2.25. The normalized spacial score (nSPS) is 13.3. The fraction of sp³-hybridized carbons (Fsp3) is 0.400. The van der Waals surface area contributed by atoms with E-state index >= 15 is 0 Å². The van der Waals surface area contributed by atoms with Crippen molar-refractivity contribution in [1.29, 1.82) is 0 Å². The Kier molecular flexibility index (Phi) is 4.19. The number of nitro benzene ring substituents is 1. The molecular weight excluding hydrogens is 246 g/mol. The third-order valence-corrected chi connectivity index (χ3v) is 2.75. The summed E-state index contributed by atoms with van der Waals surface area (Å²) in [6, 6.07) is 6.05. The molecule has 0 fully saturated rings. The second kappa shape index (κ2) is 5.24. The first-order valence-electron chi connectivity index (χ1n) is 4.88. The van der Waals surface area contributed by atoms with Gasteiger partial charge in [-0.25, -0.2) is 0 Å². The minimum absolute atomic E-state index is 0.0197. The quantitative estimate of drug-likeness (QED) is 0.456. The molecule has 0 saturated carbocycles. The Balaban J connectivity index is 2.79. The smallest absolute Gasteiger partial charge is 0.269 e. The van der Waals surface area contributed by atoms with Crippen LogP contribution in [0.3, 0.4) is 0 Å². The zero-order chi connectivity index (χ0) is 13.1. The van der Waals surface area contributed by atoms with Gasteiger partial charge >= 0.3 is 0 Å². The standard InChI is InChI=1S/C10H13NO5S/c1-8(7-16-17(2,14)15)9-4-3-5-10(6-9)11(12)13/h3-6,8H,7H2,1-2H3. The van der Waals surface area contributed by atoms with Gasteiger partial charge in [-0.1, -0.05) is 19.1 Å². The number of nitro groups is 1. The van der Waals surface area contributed by atoms with Crippen LogP contribution in [-0.2, 0) is 14.3 Å². The molecule has 7 heteroatoms. The van der Waals surface area contributed by atoms with Crippen LogP contribution in [0.5, 0.6) is 0 Å². The van der Waals surface area contributed by atoms with Gasteiger partial charge < -0.3 is 0 Å². The van der Waals surface area contributed by atoms with Crippen LogP contribution in [0.25, 0.3) is 0 Å². The summed E-state index contributed by atoms with van der Waals surface area (Å²) in [5.41, 5.74) is 0.650. The molecule has 0 aliphatic rings. The Morgan fingerprint density at radius 1 is 1.47 bits per heavy atom. The van der Waals surface area contributed by atoms with E-state index in [2.05, 4.69) is 4.18 Å². The van der Waals surface area contributed by atoms with Crippen LogP contribution in [-0.4, -0.2) is 26.2 Å². The molecule has 0 N–H and O–H groups in total. The van der Waals surface area contributed by atoms with Gasteiger partial charge in [0.25, 0.3) is 15.8 Å². The van der Waals surface area contributed by atoms with Crippen molar-refractivity contribution in [2.24, 2.45) is 0 Å². The maximum absolute atomic E-state index is 10.8. The van der Waals surface area contributed by atoms with Crippen molar-refractivity contribution in [3.63, 3.8) is 0 Å². The van der Waals surface area contributed by atoms with Crippen LogP contribution in [0.1, 0.15) is 18.4 Å². The van der Waals surface area contributed by atoms with E-state index in [0.29, 0.717) is 5.56 Å². The van der Waals surface area contributed by atoms with Gasteiger partial charge in [0.2, 0.25) is 0 Å². The minimum Gasteiger partial charge on any atom is -0.270 e. The highest BCUT2D eigenvalue weighted by Crippen LogP contribution is 2.21. The van der Waals surface area contributed by atoms with Crippen LogP contribution in [0.15, 0.2) is 24.3 Å². The molecule has 1 aromatic rings. The van der Waals surface area contributed by atoms with Crippen molar-refractivity contribution >= 4 is 15.8 Å². The summed E-state index contributed by atoms with van der Waals surface area (Å²) in [6.07, 6.45) is 0.965. The predicted octanol–water partition coefficient (Wildman–Crippen LogP) is 1.67. The number of hydrogen-bond acceptors (Lipinski definition) is 5. The zero-order valence-electron chi connectivity index (χ0n) is 9.49. The monoisotopic (exact) mass is 259 g/mol. The van der Waals surface area contributed by atoms with E-state index in [1.807, 2.05) is 0 Å². The molecule has 17 heavy (non-hydrogen) atoms. The van der Waals surface area contributed by atoms with Crippen LogP contribution in [0.2, 0.25) is 0 Å². The van der Waals surface area contributed by atoms with E-state index in [1.54, 1.807) is 19.1 Å². The molecule has 94 valence electrons. The molecule has 0 heterocycles. The van der Waals surface area contributed by atoms with Crippen LogP contribution >= 0.6 is 0 Å². The number of rotatable bonds is 5. The Hall–Kier alpha value is -1.47. The lowest BCUT2D eigenvalue weighted by atomic mass is 10.0. The number of hydrogen-bond donors (Lipinski definition) is 0. The van der Waals surface area contributed by atoms with E-state index < -0.39 is 15.0 Å². The van der Waals surface area contributed by atoms with E-state index in [1.165, 1.54) is 12.1 Å². The SMILES string of the molecule is CC(COS(C)(=O)=O)c1cccc([N+](=O)[O-])c1. The molecule has 0 radical (unpaired) electrons. The van der Waals surface area contributed by atoms with Gasteiger partial charge in [-0.05, 0) is 5.56 Å². The Bertz CT molecular complexity index is 511. The molecule has 0 aliphatic heterocycles. The van der Waals surface area contributed by atoms with Crippen molar-refractivity contribution in [1.82, 2.24) is 0 Å². The molecule has 1 unspecified atom stereocenters. The van der Waals surface area contributed by atoms with Gasteiger partial charge in [-0.3, -0.25) is 14.3 Å². The van der Waals surface area contributed by atoms with Crippen molar-refractivity contribution in [3.8, 4) is 0 Å². The first kappa shape index (κ1) is 13.6. The van der Waals surface area contributed by atoms with Gasteiger partial charge in [-0.2, -0.15) is 8.42 Å². The molecule has 0 aromatic heterocycles. The molecule has 0 bridgehead atoms. The van der Waals surface area contributed by atoms with Gasteiger partial charge in [0.1, 0.15) is 0 Å². The van der Waals surface area contributed by atoms with Gasteiger partial charge in [0, 0.05) is 18.1 Å². The average molecular weight is 259 g/mol. The summed E-state index contributed by atoms with van der Waals surface area (Å²) in [5, 5.41) is 10.6. The highest BCUT2D eigenvalue weighted by Gasteiger charge is 2.13. The van der Waals surface area contributed by atoms with Crippen LogP contribution < -0.4 is 0 Å².